The predicted molar refractivity (Wildman–Crippen MR) is 121 cm³/mol. The molecule has 0 bridgehead atoms. The highest BCUT2D eigenvalue weighted by molar-refractivity contribution is 7.85. The second-order valence-corrected chi connectivity index (χ2v) is 8.33. The topological polar surface area (TPSA) is 78.5 Å². The zero-order valence-corrected chi connectivity index (χ0v) is 18.4. The molecule has 0 saturated carbocycles. The van der Waals surface area contributed by atoms with Gasteiger partial charge in [-0.05, 0) is 44.2 Å². The molecule has 1 aliphatic heterocycles. The molecule has 3 rings (SSSR count). The van der Waals surface area contributed by atoms with Crippen LogP contribution in [0.25, 0.3) is 10.9 Å². The Bertz CT molecular complexity index is 1040. The highest BCUT2D eigenvalue weighted by Crippen LogP contribution is 2.20. The number of piperazine rings is 1. The van der Waals surface area contributed by atoms with Crippen LogP contribution in [0.1, 0.15) is 25.7 Å². The van der Waals surface area contributed by atoms with Gasteiger partial charge in [-0.2, -0.15) is 0 Å². The van der Waals surface area contributed by atoms with Gasteiger partial charge in [0.2, 0.25) is 0 Å². The average molecular weight is 429 g/mol. The summed E-state index contributed by atoms with van der Waals surface area (Å²) in [5.74, 6) is 1.37. The Hall–Kier alpha value is -2.55. The Morgan fingerprint density at radius 1 is 1.27 bits per heavy atom. The SMILES string of the molecule is C\C=C/C(=C\C=C\S(=O)N1CCN(C(C)c2nc3ccccc3c(=O)[nH]2)CC1)OC. The fourth-order valence-corrected chi connectivity index (χ4v) is 4.30. The first-order chi connectivity index (χ1) is 14.5. The number of rotatable bonds is 7. The number of para-hydroxylation sites is 1. The molecule has 1 aromatic heterocycles. The molecule has 0 amide bonds. The first-order valence-electron chi connectivity index (χ1n) is 9.97. The van der Waals surface area contributed by atoms with Gasteiger partial charge in [0.05, 0.1) is 24.1 Å². The molecule has 0 spiro atoms. The maximum absolute atomic E-state index is 12.5. The van der Waals surface area contributed by atoms with Crippen LogP contribution in [-0.4, -0.2) is 56.7 Å². The third kappa shape index (κ3) is 5.33. The number of benzene rings is 1. The van der Waals surface area contributed by atoms with E-state index in [2.05, 4.69) is 14.9 Å². The Labute approximate surface area is 179 Å². The second-order valence-electron chi connectivity index (χ2n) is 6.99. The van der Waals surface area contributed by atoms with Gasteiger partial charge in [0, 0.05) is 31.6 Å². The fourth-order valence-electron chi connectivity index (χ4n) is 3.39. The molecule has 7 nitrogen and oxygen atoms in total. The van der Waals surface area contributed by atoms with Crippen LogP contribution in [-0.2, 0) is 15.7 Å². The van der Waals surface area contributed by atoms with Crippen LogP contribution >= 0.6 is 0 Å². The molecule has 2 heterocycles. The number of H-pyrrole nitrogens is 1. The number of nitrogens with one attached hydrogen (secondary N) is 1. The van der Waals surface area contributed by atoms with Gasteiger partial charge in [-0.15, -0.1) is 0 Å². The summed E-state index contributed by atoms with van der Waals surface area (Å²) < 4.78 is 19.7. The molecule has 1 aromatic carbocycles. The van der Waals surface area contributed by atoms with Crippen LogP contribution in [0.2, 0.25) is 0 Å². The van der Waals surface area contributed by atoms with E-state index in [0.29, 0.717) is 35.6 Å². The van der Waals surface area contributed by atoms with E-state index in [0.717, 1.165) is 13.1 Å². The number of fused-ring (bicyclic) bond motifs is 1. The van der Waals surface area contributed by atoms with Crippen molar-refractivity contribution in [3.63, 3.8) is 0 Å². The van der Waals surface area contributed by atoms with Crippen LogP contribution < -0.4 is 5.56 Å². The summed E-state index contributed by atoms with van der Waals surface area (Å²) in [5.41, 5.74) is 0.586. The standard InChI is InChI=1S/C22H28N4O3S/c1-4-8-18(29-3)9-7-16-30(28)26-14-12-25(13-15-26)17(2)21-23-20-11-6-5-10-19(20)22(27)24-21/h4-11,16-17H,12-15H2,1-3H3,(H,23,24,27)/b8-4-,16-7+,18-9+. The summed E-state index contributed by atoms with van der Waals surface area (Å²) in [6, 6.07) is 7.33. The second kappa shape index (κ2) is 10.5. The van der Waals surface area contributed by atoms with E-state index < -0.39 is 11.0 Å². The molecule has 1 N–H and O–H groups in total. The number of hydrogen-bond acceptors (Lipinski definition) is 5. The van der Waals surface area contributed by atoms with Crippen molar-refractivity contribution in [2.75, 3.05) is 33.3 Å². The van der Waals surface area contributed by atoms with Crippen LogP contribution in [0, 0.1) is 0 Å². The van der Waals surface area contributed by atoms with Crippen molar-refractivity contribution in [2.45, 2.75) is 19.9 Å². The normalized spacial score (nSPS) is 19.0. The van der Waals surface area contributed by atoms with Gasteiger partial charge in [-0.25, -0.2) is 13.5 Å². The van der Waals surface area contributed by atoms with Gasteiger partial charge >= 0.3 is 0 Å². The number of aromatic nitrogens is 2. The third-order valence-corrected chi connectivity index (χ3v) is 6.39. The number of allylic oxidation sites excluding steroid dienone is 4. The molecule has 30 heavy (non-hydrogen) atoms. The molecule has 2 atom stereocenters. The number of nitrogens with zero attached hydrogens (tertiary/aromatic N) is 3. The monoisotopic (exact) mass is 428 g/mol. The van der Waals surface area contributed by atoms with Gasteiger partial charge in [0.1, 0.15) is 22.6 Å². The minimum Gasteiger partial charge on any atom is -0.497 e. The van der Waals surface area contributed by atoms with Crippen molar-refractivity contribution in [1.82, 2.24) is 19.2 Å². The largest absolute Gasteiger partial charge is 0.497 e. The lowest BCUT2D eigenvalue weighted by atomic mass is 10.2. The maximum Gasteiger partial charge on any atom is 0.258 e. The summed E-state index contributed by atoms with van der Waals surface area (Å²) in [4.78, 5) is 22.2. The summed E-state index contributed by atoms with van der Waals surface area (Å²) >= 11 is 0. The third-order valence-electron chi connectivity index (χ3n) is 5.12. The van der Waals surface area contributed by atoms with E-state index >= 15 is 0 Å². The summed E-state index contributed by atoms with van der Waals surface area (Å²) in [6.07, 6.45) is 7.28. The van der Waals surface area contributed by atoms with Gasteiger partial charge < -0.3 is 9.72 Å². The fraction of sp³-hybridized carbons (Fsp3) is 0.364. The summed E-state index contributed by atoms with van der Waals surface area (Å²) in [7, 11) is 0.411. The Kier molecular flexibility index (Phi) is 7.73. The molecule has 2 unspecified atom stereocenters. The molecule has 0 radical (unpaired) electrons. The molecule has 2 aromatic rings. The Balaban J connectivity index is 1.61. The van der Waals surface area contributed by atoms with Crippen LogP contribution in [0.15, 0.2) is 64.5 Å². The van der Waals surface area contributed by atoms with Crippen LogP contribution in [0.5, 0.6) is 0 Å². The minimum atomic E-state index is -1.20. The van der Waals surface area contributed by atoms with Crippen molar-refractivity contribution in [3.8, 4) is 0 Å². The van der Waals surface area contributed by atoms with Gasteiger partial charge in [-0.1, -0.05) is 18.2 Å². The summed E-state index contributed by atoms with van der Waals surface area (Å²) in [6.45, 7) is 6.80. The number of aromatic amines is 1. The first kappa shape index (κ1) is 22.1. The van der Waals surface area contributed by atoms with Crippen molar-refractivity contribution < 1.29 is 8.95 Å². The highest BCUT2D eigenvalue weighted by Gasteiger charge is 2.25. The van der Waals surface area contributed by atoms with E-state index in [9.17, 15) is 9.00 Å². The quantitative estimate of drug-likeness (QED) is 0.542. The van der Waals surface area contributed by atoms with Gasteiger partial charge in [0.25, 0.3) is 5.56 Å². The van der Waals surface area contributed by atoms with Gasteiger partial charge in [-0.3, -0.25) is 9.69 Å². The summed E-state index contributed by atoms with van der Waals surface area (Å²) in [5, 5.41) is 2.27. The van der Waals surface area contributed by atoms with Gasteiger partial charge in [0.15, 0.2) is 0 Å². The lowest BCUT2D eigenvalue weighted by molar-refractivity contribution is 0.144. The number of methoxy groups -OCH3 is 1. The van der Waals surface area contributed by atoms with E-state index in [4.69, 9.17) is 4.74 Å². The lowest BCUT2D eigenvalue weighted by Crippen LogP contribution is -2.47. The highest BCUT2D eigenvalue weighted by atomic mass is 32.2. The molecule has 1 fully saturated rings. The maximum atomic E-state index is 12.5. The average Bonchev–Trinajstić information content (AvgIpc) is 2.78. The van der Waals surface area contributed by atoms with E-state index in [1.807, 2.05) is 48.5 Å². The van der Waals surface area contributed by atoms with Crippen LogP contribution in [0.3, 0.4) is 0 Å². The molecule has 1 aliphatic rings. The molecule has 160 valence electrons. The first-order valence-corrected chi connectivity index (χ1v) is 11.1. The van der Waals surface area contributed by atoms with E-state index in [1.54, 1.807) is 30.7 Å². The van der Waals surface area contributed by atoms with E-state index in [1.165, 1.54) is 0 Å². The lowest BCUT2D eigenvalue weighted by Gasteiger charge is -2.36. The molecular weight excluding hydrogens is 400 g/mol. The number of ether oxygens (including phenoxy) is 1. The smallest absolute Gasteiger partial charge is 0.258 e. The molecule has 0 aliphatic carbocycles. The number of hydrogen-bond donors (Lipinski definition) is 1. The zero-order valence-electron chi connectivity index (χ0n) is 17.6. The van der Waals surface area contributed by atoms with Crippen LogP contribution in [0.4, 0.5) is 0 Å². The van der Waals surface area contributed by atoms with Crippen molar-refractivity contribution >= 4 is 21.9 Å². The Morgan fingerprint density at radius 3 is 2.70 bits per heavy atom. The molecular formula is C22H28N4O3S. The molecule has 8 heteroatoms. The Morgan fingerprint density at radius 2 is 2.00 bits per heavy atom. The van der Waals surface area contributed by atoms with Crippen molar-refractivity contribution in [1.29, 1.82) is 0 Å². The minimum absolute atomic E-state index is 0.0264. The predicted octanol–water partition coefficient (Wildman–Crippen LogP) is 2.89. The van der Waals surface area contributed by atoms with Crippen molar-refractivity contribution in [2.24, 2.45) is 0 Å². The van der Waals surface area contributed by atoms with Crippen molar-refractivity contribution in [3.05, 3.63) is 75.9 Å². The molecule has 1 saturated heterocycles. The zero-order chi connectivity index (χ0) is 21.5. The van der Waals surface area contributed by atoms with E-state index in [-0.39, 0.29) is 11.6 Å².